The number of ether oxygens (including phenoxy) is 1. The normalized spacial score (nSPS) is 25.7. The van der Waals surface area contributed by atoms with Gasteiger partial charge in [-0.1, -0.05) is 0 Å². The van der Waals surface area contributed by atoms with Gasteiger partial charge < -0.3 is 19.5 Å². The zero-order valence-electron chi connectivity index (χ0n) is 11.6. The fourth-order valence-electron chi connectivity index (χ4n) is 2.45. The summed E-state index contributed by atoms with van der Waals surface area (Å²) in [5.74, 6) is -1.01. The molecule has 0 saturated carbocycles. The molecule has 0 spiro atoms. The Morgan fingerprint density at radius 1 is 1.26 bits per heavy atom. The maximum atomic E-state index is 12.1. The van der Waals surface area contributed by atoms with E-state index in [9.17, 15) is 14.7 Å². The first-order valence-corrected chi connectivity index (χ1v) is 6.45. The number of hydrogen-bond donors (Lipinski definition) is 0. The summed E-state index contributed by atoms with van der Waals surface area (Å²) >= 11 is 0. The monoisotopic (exact) mass is 278 g/mol. The van der Waals surface area contributed by atoms with Crippen LogP contribution in [0.3, 0.4) is 0 Å². The van der Waals surface area contributed by atoms with Crippen LogP contribution in [0.1, 0.15) is 19.8 Å². The second-order valence-corrected chi connectivity index (χ2v) is 4.86. The van der Waals surface area contributed by atoms with Gasteiger partial charge in [-0.25, -0.2) is 0 Å². The van der Waals surface area contributed by atoms with Crippen molar-refractivity contribution >= 4 is 11.9 Å². The molecule has 2 aliphatic heterocycles. The minimum Gasteiger partial charge on any atom is -0.548 e. The second-order valence-electron chi connectivity index (χ2n) is 4.86. The molecule has 1 amide bonds. The summed E-state index contributed by atoms with van der Waals surface area (Å²) in [4.78, 5) is 26.4. The Morgan fingerprint density at radius 2 is 1.89 bits per heavy atom. The van der Waals surface area contributed by atoms with Crippen molar-refractivity contribution in [1.82, 2.24) is 9.80 Å². The molecule has 19 heavy (non-hydrogen) atoms. The van der Waals surface area contributed by atoms with Crippen molar-refractivity contribution in [3.63, 3.8) is 0 Å². The number of hydrogen-bond acceptors (Lipinski definition) is 5. The zero-order chi connectivity index (χ0) is 13.1. The average Bonchev–Trinajstić information content (AvgIpc) is 2.91. The first kappa shape index (κ1) is 16.9. The fourth-order valence-corrected chi connectivity index (χ4v) is 2.45. The molecule has 0 aromatic carbocycles. The van der Waals surface area contributed by atoms with E-state index >= 15 is 0 Å². The van der Waals surface area contributed by atoms with Gasteiger partial charge in [0.05, 0.1) is 5.97 Å². The molecule has 2 saturated heterocycles. The van der Waals surface area contributed by atoms with Crippen molar-refractivity contribution < 1.29 is 49.0 Å². The number of carbonyl (C=O) groups is 2. The topological polar surface area (TPSA) is 72.9 Å². The minimum atomic E-state index is -1.06. The van der Waals surface area contributed by atoms with Gasteiger partial charge >= 0.3 is 29.6 Å². The third-order valence-electron chi connectivity index (χ3n) is 3.72. The van der Waals surface area contributed by atoms with E-state index in [-0.39, 0.29) is 41.6 Å². The van der Waals surface area contributed by atoms with E-state index < -0.39 is 12.0 Å². The fraction of sp³-hybridized carbons (Fsp3) is 0.833. The zero-order valence-corrected chi connectivity index (χ0v) is 13.6. The van der Waals surface area contributed by atoms with Crippen LogP contribution >= 0.6 is 0 Å². The number of rotatable bonds is 3. The summed E-state index contributed by atoms with van der Waals surface area (Å²) in [5.41, 5.74) is 0. The summed E-state index contributed by atoms with van der Waals surface area (Å²) < 4.78 is 5.37. The van der Waals surface area contributed by atoms with Crippen LogP contribution in [0.2, 0.25) is 0 Å². The molecule has 0 bridgehead atoms. The van der Waals surface area contributed by atoms with Gasteiger partial charge in [0.2, 0.25) is 0 Å². The standard InChI is InChI=1S/C12H20N2O4.Na/c1-9(12(16)17)13-4-6-14(7-5-13)11(15)10-3-2-8-18-10;/h9-10H,2-8H2,1H3,(H,16,17);/q;+1/p-1. The Morgan fingerprint density at radius 3 is 2.37 bits per heavy atom. The van der Waals surface area contributed by atoms with Gasteiger partial charge in [0, 0.05) is 38.8 Å². The summed E-state index contributed by atoms with van der Waals surface area (Å²) in [6, 6.07) is -0.593. The van der Waals surface area contributed by atoms with E-state index in [1.807, 2.05) is 4.90 Å². The van der Waals surface area contributed by atoms with Gasteiger partial charge in [0.25, 0.3) is 5.91 Å². The first-order valence-electron chi connectivity index (χ1n) is 6.45. The maximum absolute atomic E-state index is 12.1. The molecule has 0 aromatic rings. The Labute approximate surface area is 135 Å². The number of nitrogens with zero attached hydrogens (tertiary/aromatic N) is 2. The summed E-state index contributed by atoms with van der Waals surface area (Å²) in [5, 5.41) is 10.8. The van der Waals surface area contributed by atoms with E-state index in [1.54, 1.807) is 11.8 Å². The molecule has 0 aromatic heterocycles. The van der Waals surface area contributed by atoms with Crippen molar-refractivity contribution in [2.75, 3.05) is 32.8 Å². The maximum Gasteiger partial charge on any atom is 1.00 e. The molecule has 102 valence electrons. The predicted molar refractivity (Wildman–Crippen MR) is 61.6 cm³/mol. The van der Waals surface area contributed by atoms with E-state index in [1.165, 1.54) is 0 Å². The Kier molecular flexibility index (Phi) is 6.76. The Bertz CT molecular complexity index is 326. The smallest absolute Gasteiger partial charge is 0.548 e. The molecule has 0 radical (unpaired) electrons. The van der Waals surface area contributed by atoms with Crippen LogP contribution in [0.15, 0.2) is 0 Å². The average molecular weight is 278 g/mol. The molecule has 6 nitrogen and oxygen atoms in total. The van der Waals surface area contributed by atoms with Crippen LogP contribution in [0.5, 0.6) is 0 Å². The van der Waals surface area contributed by atoms with E-state index in [2.05, 4.69) is 0 Å². The molecule has 0 N–H and O–H groups in total. The molecular formula is C12H19N2NaO4. The molecule has 2 unspecified atom stereocenters. The third-order valence-corrected chi connectivity index (χ3v) is 3.72. The van der Waals surface area contributed by atoms with E-state index in [0.717, 1.165) is 12.8 Å². The van der Waals surface area contributed by atoms with Gasteiger partial charge in [-0.2, -0.15) is 0 Å². The van der Waals surface area contributed by atoms with Gasteiger partial charge in [0.15, 0.2) is 0 Å². The molecule has 0 aliphatic carbocycles. The molecule has 2 atom stereocenters. The Hall–Kier alpha value is -0.140. The number of carbonyl (C=O) groups excluding carboxylic acids is 2. The van der Waals surface area contributed by atoms with Crippen molar-refractivity contribution in [1.29, 1.82) is 0 Å². The number of carboxylic acid groups (broad SMARTS) is 1. The van der Waals surface area contributed by atoms with Crippen LogP contribution in [-0.2, 0) is 14.3 Å². The first-order chi connectivity index (χ1) is 8.59. The van der Waals surface area contributed by atoms with Gasteiger partial charge in [-0.05, 0) is 19.8 Å². The van der Waals surface area contributed by atoms with Crippen molar-refractivity contribution in [3.8, 4) is 0 Å². The van der Waals surface area contributed by atoms with Gasteiger partial charge in [-0.3, -0.25) is 9.69 Å². The predicted octanol–water partition coefficient (Wildman–Crippen LogP) is -4.55. The van der Waals surface area contributed by atoms with Crippen LogP contribution in [0.4, 0.5) is 0 Å². The number of piperazine rings is 1. The molecule has 2 aliphatic rings. The van der Waals surface area contributed by atoms with Gasteiger partial charge in [0.1, 0.15) is 6.10 Å². The van der Waals surface area contributed by atoms with Crippen molar-refractivity contribution in [3.05, 3.63) is 0 Å². The summed E-state index contributed by atoms with van der Waals surface area (Å²) in [7, 11) is 0. The molecule has 2 fully saturated rings. The number of aliphatic carboxylic acids is 1. The minimum absolute atomic E-state index is 0. The summed E-state index contributed by atoms with van der Waals surface area (Å²) in [6.45, 7) is 4.57. The van der Waals surface area contributed by atoms with Crippen molar-refractivity contribution in [2.24, 2.45) is 0 Å². The number of amides is 1. The number of carboxylic acids is 1. The Balaban J connectivity index is 0.00000180. The molecule has 2 rings (SSSR count). The molecular weight excluding hydrogens is 259 g/mol. The molecule has 2 heterocycles. The molecule has 7 heteroatoms. The van der Waals surface area contributed by atoms with Crippen LogP contribution in [-0.4, -0.2) is 66.6 Å². The SMILES string of the molecule is CC(C(=O)[O-])N1CCN(C(=O)C2CCCO2)CC1.[Na+]. The quantitative estimate of drug-likeness (QED) is 0.486. The van der Waals surface area contributed by atoms with Gasteiger partial charge in [-0.15, -0.1) is 0 Å². The third kappa shape index (κ3) is 4.16. The van der Waals surface area contributed by atoms with Crippen LogP contribution in [0, 0.1) is 0 Å². The summed E-state index contributed by atoms with van der Waals surface area (Å²) in [6.07, 6.45) is 1.46. The largest absolute Gasteiger partial charge is 1.00 e. The van der Waals surface area contributed by atoms with E-state index in [0.29, 0.717) is 32.8 Å². The van der Waals surface area contributed by atoms with E-state index in [4.69, 9.17) is 4.74 Å². The van der Waals surface area contributed by atoms with Crippen LogP contribution in [0.25, 0.3) is 0 Å². The second kappa shape index (κ2) is 7.59. The van der Waals surface area contributed by atoms with Crippen molar-refractivity contribution in [2.45, 2.75) is 31.9 Å². The van der Waals surface area contributed by atoms with Crippen LogP contribution < -0.4 is 34.7 Å².